The van der Waals surface area contributed by atoms with E-state index in [2.05, 4.69) is 17.2 Å². The van der Waals surface area contributed by atoms with Gasteiger partial charge in [-0.1, -0.05) is 38.4 Å². The van der Waals surface area contributed by atoms with Crippen molar-refractivity contribution in [3.63, 3.8) is 0 Å². The highest BCUT2D eigenvalue weighted by Gasteiger charge is 2.25. The zero-order chi connectivity index (χ0) is 13.8. The van der Waals surface area contributed by atoms with Crippen molar-refractivity contribution in [2.45, 2.75) is 52.0 Å². The van der Waals surface area contributed by atoms with Crippen LogP contribution in [0.15, 0.2) is 12.3 Å². The summed E-state index contributed by atoms with van der Waals surface area (Å²) in [5.41, 5.74) is 7.83. The summed E-state index contributed by atoms with van der Waals surface area (Å²) in [5.74, 6) is 1.59. The lowest BCUT2D eigenvalue weighted by atomic mass is 9.83. The SMILES string of the molecule is CCC1CCCCC1Nc1nccc(C)c1C(N)=S. The fourth-order valence-electron chi connectivity index (χ4n) is 3.04. The van der Waals surface area contributed by atoms with Gasteiger partial charge in [-0.25, -0.2) is 4.98 Å². The molecule has 104 valence electrons. The highest BCUT2D eigenvalue weighted by molar-refractivity contribution is 7.80. The lowest BCUT2D eigenvalue weighted by Gasteiger charge is -2.32. The average Bonchev–Trinajstić information content (AvgIpc) is 2.39. The van der Waals surface area contributed by atoms with E-state index < -0.39 is 0 Å². The monoisotopic (exact) mass is 277 g/mol. The predicted molar refractivity (Wildman–Crippen MR) is 84.5 cm³/mol. The second-order valence-electron chi connectivity index (χ2n) is 5.42. The number of aryl methyl sites for hydroxylation is 1. The van der Waals surface area contributed by atoms with E-state index in [9.17, 15) is 0 Å². The fourth-order valence-corrected chi connectivity index (χ4v) is 3.30. The van der Waals surface area contributed by atoms with E-state index in [4.69, 9.17) is 18.0 Å². The molecule has 19 heavy (non-hydrogen) atoms. The second-order valence-corrected chi connectivity index (χ2v) is 5.86. The van der Waals surface area contributed by atoms with Gasteiger partial charge in [0.25, 0.3) is 0 Å². The van der Waals surface area contributed by atoms with E-state index >= 15 is 0 Å². The fraction of sp³-hybridized carbons (Fsp3) is 0.600. The van der Waals surface area contributed by atoms with Crippen LogP contribution in [0.1, 0.15) is 50.2 Å². The van der Waals surface area contributed by atoms with Crippen LogP contribution < -0.4 is 11.1 Å². The molecule has 1 aromatic rings. The van der Waals surface area contributed by atoms with Crippen molar-refractivity contribution in [3.05, 3.63) is 23.4 Å². The summed E-state index contributed by atoms with van der Waals surface area (Å²) in [6.45, 7) is 4.29. The van der Waals surface area contributed by atoms with Crippen molar-refractivity contribution < 1.29 is 0 Å². The third-order valence-electron chi connectivity index (χ3n) is 4.16. The molecular formula is C15H23N3S. The molecule has 0 aliphatic heterocycles. The summed E-state index contributed by atoms with van der Waals surface area (Å²) in [4.78, 5) is 4.87. The van der Waals surface area contributed by atoms with E-state index in [1.54, 1.807) is 0 Å². The van der Waals surface area contributed by atoms with Crippen LogP contribution in [0.4, 0.5) is 5.82 Å². The van der Waals surface area contributed by atoms with E-state index in [1.165, 1.54) is 32.1 Å². The van der Waals surface area contributed by atoms with Crippen molar-refractivity contribution in [1.29, 1.82) is 0 Å². The lowest BCUT2D eigenvalue weighted by Crippen LogP contribution is -2.33. The maximum atomic E-state index is 5.84. The zero-order valence-corrected chi connectivity index (χ0v) is 12.6. The Morgan fingerprint density at radius 2 is 2.21 bits per heavy atom. The summed E-state index contributed by atoms with van der Waals surface area (Å²) in [5, 5.41) is 3.59. The molecule has 3 nitrogen and oxygen atoms in total. The number of nitrogens with zero attached hydrogens (tertiary/aromatic N) is 1. The van der Waals surface area contributed by atoms with Gasteiger partial charge in [0.2, 0.25) is 0 Å². The third kappa shape index (κ3) is 3.24. The first kappa shape index (κ1) is 14.3. The van der Waals surface area contributed by atoms with Crippen LogP contribution in [-0.4, -0.2) is 16.0 Å². The third-order valence-corrected chi connectivity index (χ3v) is 4.37. The molecule has 0 bridgehead atoms. The topological polar surface area (TPSA) is 50.9 Å². The molecule has 1 saturated carbocycles. The minimum atomic E-state index is 0.428. The van der Waals surface area contributed by atoms with Gasteiger partial charge in [-0.2, -0.15) is 0 Å². The molecule has 0 radical (unpaired) electrons. The highest BCUT2D eigenvalue weighted by atomic mass is 32.1. The summed E-state index contributed by atoms with van der Waals surface area (Å²) < 4.78 is 0. The summed E-state index contributed by atoms with van der Waals surface area (Å²) in [6, 6.07) is 2.46. The van der Waals surface area contributed by atoms with Crippen LogP contribution in [0.5, 0.6) is 0 Å². The van der Waals surface area contributed by atoms with Crippen LogP contribution in [0.3, 0.4) is 0 Å². The van der Waals surface area contributed by atoms with Crippen LogP contribution in [-0.2, 0) is 0 Å². The van der Waals surface area contributed by atoms with Crippen molar-refractivity contribution >= 4 is 23.0 Å². The molecule has 4 heteroatoms. The number of aromatic nitrogens is 1. The quantitative estimate of drug-likeness (QED) is 0.828. The Kier molecular flexibility index (Phi) is 4.75. The first-order chi connectivity index (χ1) is 9.13. The molecule has 1 aromatic heterocycles. The van der Waals surface area contributed by atoms with Crippen molar-refractivity contribution in [2.24, 2.45) is 11.7 Å². The van der Waals surface area contributed by atoms with E-state index in [1.807, 2.05) is 19.2 Å². The molecule has 0 saturated heterocycles. The Balaban J connectivity index is 2.22. The van der Waals surface area contributed by atoms with Crippen molar-refractivity contribution in [1.82, 2.24) is 4.98 Å². The number of rotatable bonds is 4. The molecule has 0 amide bonds. The molecule has 0 spiro atoms. The second kappa shape index (κ2) is 6.33. The maximum absolute atomic E-state index is 5.84. The minimum Gasteiger partial charge on any atom is -0.389 e. The predicted octanol–water partition coefficient (Wildman–Crippen LogP) is 3.40. The molecular weight excluding hydrogens is 254 g/mol. The number of pyridine rings is 1. The van der Waals surface area contributed by atoms with Gasteiger partial charge in [0.1, 0.15) is 10.8 Å². The smallest absolute Gasteiger partial charge is 0.136 e. The number of anilines is 1. The van der Waals surface area contributed by atoms with Gasteiger partial charge in [-0.3, -0.25) is 0 Å². The van der Waals surface area contributed by atoms with Gasteiger partial charge in [0, 0.05) is 12.2 Å². The average molecular weight is 277 g/mol. The lowest BCUT2D eigenvalue weighted by molar-refractivity contribution is 0.317. The molecule has 1 fully saturated rings. The standard InChI is InChI=1S/C15H23N3S/c1-3-11-6-4-5-7-12(11)18-15-13(14(16)19)10(2)8-9-17-15/h8-9,11-12H,3-7H2,1-2H3,(H2,16,19)(H,17,18). The van der Waals surface area contributed by atoms with E-state index in [-0.39, 0.29) is 0 Å². The minimum absolute atomic E-state index is 0.428. The highest BCUT2D eigenvalue weighted by Crippen LogP contribution is 2.30. The summed E-state index contributed by atoms with van der Waals surface area (Å²) in [6.07, 6.45) is 8.20. The molecule has 1 aliphatic rings. The van der Waals surface area contributed by atoms with Gasteiger partial charge in [-0.05, 0) is 37.3 Å². The summed E-state index contributed by atoms with van der Waals surface area (Å²) >= 11 is 5.16. The number of nitrogens with one attached hydrogen (secondary N) is 1. The van der Waals surface area contributed by atoms with Crippen LogP contribution >= 0.6 is 12.2 Å². The number of thiocarbonyl (C=S) groups is 1. The first-order valence-corrected chi connectivity index (χ1v) is 7.56. The molecule has 1 aliphatic carbocycles. The number of hydrogen-bond acceptors (Lipinski definition) is 3. The van der Waals surface area contributed by atoms with E-state index in [0.717, 1.165) is 22.9 Å². The Hall–Kier alpha value is -1.16. The molecule has 2 rings (SSSR count). The van der Waals surface area contributed by atoms with Crippen LogP contribution in [0.2, 0.25) is 0 Å². The Bertz CT molecular complexity index is 459. The van der Waals surface area contributed by atoms with Gasteiger partial charge < -0.3 is 11.1 Å². The largest absolute Gasteiger partial charge is 0.389 e. The van der Waals surface area contributed by atoms with Gasteiger partial charge >= 0.3 is 0 Å². The number of nitrogens with two attached hydrogens (primary N) is 1. The zero-order valence-electron chi connectivity index (χ0n) is 11.8. The van der Waals surface area contributed by atoms with Crippen molar-refractivity contribution in [2.75, 3.05) is 5.32 Å². The van der Waals surface area contributed by atoms with E-state index in [0.29, 0.717) is 11.0 Å². The summed E-state index contributed by atoms with van der Waals surface area (Å²) in [7, 11) is 0. The number of hydrogen-bond donors (Lipinski definition) is 2. The van der Waals surface area contributed by atoms with Crippen molar-refractivity contribution in [3.8, 4) is 0 Å². The normalized spacial score (nSPS) is 23.1. The molecule has 2 unspecified atom stereocenters. The Labute approximate surface area is 121 Å². The Morgan fingerprint density at radius 3 is 2.89 bits per heavy atom. The van der Waals surface area contributed by atoms with Crippen LogP contribution in [0, 0.1) is 12.8 Å². The first-order valence-electron chi connectivity index (χ1n) is 7.15. The molecule has 3 N–H and O–H groups in total. The Morgan fingerprint density at radius 1 is 1.47 bits per heavy atom. The molecule has 1 heterocycles. The van der Waals surface area contributed by atoms with Gasteiger partial charge in [0.15, 0.2) is 0 Å². The molecule has 0 aromatic carbocycles. The van der Waals surface area contributed by atoms with Gasteiger partial charge in [-0.15, -0.1) is 0 Å². The maximum Gasteiger partial charge on any atom is 0.136 e. The van der Waals surface area contributed by atoms with Gasteiger partial charge in [0.05, 0.1) is 5.56 Å². The molecule has 2 atom stereocenters. The van der Waals surface area contributed by atoms with Crippen LogP contribution in [0.25, 0.3) is 0 Å².